The van der Waals surface area contributed by atoms with Crippen LogP contribution in [-0.4, -0.2) is 32.6 Å². The Bertz CT molecular complexity index is 726. The maximum Gasteiger partial charge on any atom is 0.154 e. The van der Waals surface area contributed by atoms with Crippen molar-refractivity contribution in [3.05, 3.63) is 54.5 Å². The number of fused-ring (bicyclic) bond motifs is 1. The molecule has 1 saturated heterocycles. The minimum Gasteiger partial charge on any atom is -0.299 e. The van der Waals surface area contributed by atoms with Crippen LogP contribution in [0.1, 0.15) is 12.0 Å². The van der Waals surface area contributed by atoms with Crippen LogP contribution in [0.5, 0.6) is 0 Å². The van der Waals surface area contributed by atoms with E-state index in [0.717, 1.165) is 17.8 Å². The van der Waals surface area contributed by atoms with Crippen molar-refractivity contribution < 1.29 is 0 Å². The Balaban J connectivity index is 1.60. The lowest BCUT2D eigenvalue weighted by Crippen LogP contribution is -2.36. The fraction of sp³-hybridized carbons (Fsp3) is 0.250. The zero-order chi connectivity index (χ0) is 13.4. The summed E-state index contributed by atoms with van der Waals surface area (Å²) in [5.74, 6) is 0. The molecule has 1 aromatic carbocycles. The first-order chi connectivity index (χ1) is 9.88. The highest BCUT2D eigenvalue weighted by Crippen LogP contribution is 2.20. The van der Waals surface area contributed by atoms with Crippen molar-refractivity contribution in [2.45, 2.75) is 13.0 Å². The van der Waals surface area contributed by atoms with Crippen molar-refractivity contribution in [1.29, 1.82) is 0 Å². The maximum atomic E-state index is 4.40. The summed E-state index contributed by atoms with van der Waals surface area (Å²) in [6, 6.07) is 10.7. The third-order valence-corrected chi connectivity index (χ3v) is 3.89. The number of aromatic nitrogens is 3. The van der Waals surface area contributed by atoms with Gasteiger partial charge in [-0.05, 0) is 30.6 Å². The third kappa shape index (κ3) is 2.08. The molecule has 0 bridgehead atoms. The highest BCUT2D eigenvalue weighted by molar-refractivity contribution is 5.63. The second-order valence-electron chi connectivity index (χ2n) is 5.30. The molecule has 0 spiro atoms. The lowest BCUT2D eigenvalue weighted by molar-refractivity contribution is 0.172. The predicted molar refractivity (Wildman–Crippen MR) is 78.3 cm³/mol. The van der Waals surface area contributed by atoms with E-state index in [1.54, 1.807) is 6.20 Å². The van der Waals surface area contributed by atoms with E-state index >= 15 is 0 Å². The van der Waals surface area contributed by atoms with E-state index in [4.69, 9.17) is 0 Å². The van der Waals surface area contributed by atoms with E-state index in [1.165, 1.54) is 30.6 Å². The second-order valence-corrected chi connectivity index (χ2v) is 5.30. The molecular weight excluding hydrogens is 248 g/mol. The van der Waals surface area contributed by atoms with Crippen molar-refractivity contribution >= 4 is 5.65 Å². The Hall–Kier alpha value is -2.20. The minimum absolute atomic E-state index is 0.878. The molecule has 3 aromatic rings. The van der Waals surface area contributed by atoms with E-state index < -0.39 is 0 Å². The molecule has 0 aliphatic carbocycles. The summed E-state index contributed by atoms with van der Waals surface area (Å²) in [6.07, 6.45) is 7.03. The monoisotopic (exact) mass is 264 g/mol. The quantitative estimate of drug-likeness (QED) is 0.729. The second kappa shape index (κ2) is 4.72. The standard InChI is InChI=1S/C16H16N4/c1-8-19(9-1)11-13-2-4-14(5-3-13)15-10-17-16-6-7-18-20(16)12-15/h2-7,10,12H,1,8-9,11H2. The van der Waals surface area contributed by atoms with Gasteiger partial charge in [-0.1, -0.05) is 24.3 Å². The molecule has 4 heteroatoms. The van der Waals surface area contributed by atoms with E-state index in [1.807, 2.05) is 23.0 Å². The molecule has 2 aromatic heterocycles. The van der Waals surface area contributed by atoms with Gasteiger partial charge in [-0.3, -0.25) is 4.90 Å². The van der Waals surface area contributed by atoms with Gasteiger partial charge in [0.05, 0.1) is 6.20 Å². The van der Waals surface area contributed by atoms with Crippen LogP contribution in [0.25, 0.3) is 16.8 Å². The Morgan fingerprint density at radius 1 is 1.00 bits per heavy atom. The van der Waals surface area contributed by atoms with Gasteiger partial charge in [-0.25, -0.2) is 9.50 Å². The summed E-state index contributed by atoms with van der Waals surface area (Å²) in [5.41, 5.74) is 4.53. The first-order valence-electron chi connectivity index (χ1n) is 6.99. The van der Waals surface area contributed by atoms with Crippen LogP contribution < -0.4 is 0 Å². The molecule has 0 saturated carbocycles. The molecule has 1 fully saturated rings. The largest absolute Gasteiger partial charge is 0.299 e. The first kappa shape index (κ1) is 11.6. The van der Waals surface area contributed by atoms with Gasteiger partial charge in [0.2, 0.25) is 0 Å². The van der Waals surface area contributed by atoms with Crippen LogP contribution in [0, 0.1) is 0 Å². The Morgan fingerprint density at radius 3 is 2.60 bits per heavy atom. The smallest absolute Gasteiger partial charge is 0.154 e. The number of hydrogen-bond donors (Lipinski definition) is 0. The van der Waals surface area contributed by atoms with Gasteiger partial charge < -0.3 is 0 Å². The molecule has 100 valence electrons. The van der Waals surface area contributed by atoms with Crippen LogP contribution >= 0.6 is 0 Å². The molecule has 20 heavy (non-hydrogen) atoms. The molecule has 1 aliphatic rings. The van der Waals surface area contributed by atoms with Crippen molar-refractivity contribution in [3.63, 3.8) is 0 Å². The maximum absolute atomic E-state index is 4.40. The fourth-order valence-electron chi connectivity index (χ4n) is 2.56. The summed E-state index contributed by atoms with van der Waals surface area (Å²) in [6.45, 7) is 3.54. The van der Waals surface area contributed by atoms with Crippen LogP contribution in [0.4, 0.5) is 0 Å². The average Bonchev–Trinajstić information content (AvgIpc) is 2.91. The molecule has 0 amide bonds. The summed E-state index contributed by atoms with van der Waals surface area (Å²) >= 11 is 0. The van der Waals surface area contributed by atoms with E-state index in [9.17, 15) is 0 Å². The lowest BCUT2D eigenvalue weighted by atomic mass is 10.1. The van der Waals surface area contributed by atoms with E-state index in [2.05, 4.69) is 39.2 Å². The Morgan fingerprint density at radius 2 is 1.85 bits per heavy atom. The van der Waals surface area contributed by atoms with Gasteiger partial charge in [0.25, 0.3) is 0 Å². The summed E-state index contributed by atoms with van der Waals surface area (Å²) in [7, 11) is 0. The molecular formula is C16H16N4. The number of hydrogen-bond acceptors (Lipinski definition) is 3. The normalized spacial score (nSPS) is 15.4. The van der Waals surface area contributed by atoms with Crippen molar-refractivity contribution in [3.8, 4) is 11.1 Å². The molecule has 0 radical (unpaired) electrons. The fourth-order valence-corrected chi connectivity index (χ4v) is 2.56. The topological polar surface area (TPSA) is 33.4 Å². The summed E-state index contributed by atoms with van der Waals surface area (Å²) in [5, 5.41) is 4.23. The van der Waals surface area contributed by atoms with E-state index in [0.29, 0.717) is 0 Å². The van der Waals surface area contributed by atoms with Crippen molar-refractivity contribution in [1.82, 2.24) is 19.5 Å². The van der Waals surface area contributed by atoms with Crippen LogP contribution in [0.2, 0.25) is 0 Å². The highest BCUT2D eigenvalue weighted by atomic mass is 15.2. The number of rotatable bonds is 3. The SMILES string of the molecule is c1cc2ncc(-c3ccc(CN4CCC4)cc3)cn2n1. The van der Waals surface area contributed by atoms with Crippen LogP contribution in [0.15, 0.2) is 48.9 Å². The Kier molecular flexibility index (Phi) is 2.74. The van der Waals surface area contributed by atoms with Crippen LogP contribution in [0.3, 0.4) is 0 Å². The summed E-state index contributed by atoms with van der Waals surface area (Å²) < 4.78 is 1.81. The average molecular weight is 264 g/mol. The minimum atomic E-state index is 0.878. The van der Waals surface area contributed by atoms with Crippen molar-refractivity contribution in [2.75, 3.05) is 13.1 Å². The molecule has 0 unspecified atom stereocenters. The number of benzene rings is 1. The molecule has 0 atom stereocenters. The van der Waals surface area contributed by atoms with Crippen molar-refractivity contribution in [2.24, 2.45) is 0 Å². The van der Waals surface area contributed by atoms with Crippen LogP contribution in [-0.2, 0) is 6.54 Å². The van der Waals surface area contributed by atoms with Gasteiger partial charge in [0.1, 0.15) is 0 Å². The zero-order valence-corrected chi connectivity index (χ0v) is 11.2. The zero-order valence-electron chi connectivity index (χ0n) is 11.2. The first-order valence-corrected chi connectivity index (χ1v) is 6.99. The molecule has 0 N–H and O–H groups in total. The molecule has 3 heterocycles. The van der Waals surface area contributed by atoms with Gasteiger partial charge in [-0.15, -0.1) is 0 Å². The Labute approximate surface area is 117 Å². The number of nitrogens with zero attached hydrogens (tertiary/aromatic N) is 4. The van der Waals surface area contributed by atoms with Gasteiger partial charge in [-0.2, -0.15) is 5.10 Å². The summed E-state index contributed by atoms with van der Waals surface area (Å²) in [4.78, 5) is 6.87. The predicted octanol–water partition coefficient (Wildman–Crippen LogP) is 2.60. The molecule has 1 aliphatic heterocycles. The third-order valence-electron chi connectivity index (χ3n) is 3.89. The number of likely N-dealkylation sites (tertiary alicyclic amines) is 1. The van der Waals surface area contributed by atoms with Gasteiger partial charge in [0.15, 0.2) is 5.65 Å². The van der Waals surface area contributed by atoms with Gasteiger partial charge in [0, 0.05) is 30.6 Å². The van der Waals surface area contributed by atoms with Gasteiger partial charge >= 0.3 is 0 Å². The molecule has 4 nitrogen and oxygen atoms in total. The highest BCUT2D eigenvalue weighted by Gasteiger charge is 2.13. The lowest BCUT2D eigenvalue weighted by Gasteiger charge is -2.30. The van der Waals surface area contributed by atoms with E-state index in [-0.39, 0.29) is 0 Å². The molecule has 4 rings (SSSR count).